The average Bonchev–Trinajstić information content (AvgIpc) is 2.63. The van der Waals surface area contributed by atoms with Crippen molar-refractivity contribution in [2.24, 2.45) is 10.7 Å². The molecular weight excluding hydrogens is 516 g/mol. The van der Waals surface area contributed by atoms with Crippen LogP contribution in [-0.2, 0) is 11.3 Å². The summed E-state index contributed by atoms with van der Waals surface area (Å²) in [6.45, 7) is 6.00. The van der Waals surface area contributed by atoms with Crippen LogP contribution >= 0.6 is 24.0 Å². The molecule has 11 heteroatoms. The van der Waals surface area contributed by atoms with Crippen LogP contribution in [0.4, 0.5) is 18.0 Å². The van der Waals surface area contributed by atoms with E-state index in [0.29, 0.717) is 31.7 Å². The van der Waals surface area contributed by atoms with Gasteiger partial charge in [-0.15, -0.1) is 24.0 Å². The van der Waals surface area contributed by atoms with Crippen LogP contribution in [-0.4, -0.2) is 66.4 Å². The number of hydrogen-bond donors (Lipinski definition) is 1. The number of guanidine groups is 1. The number of nitrogens with zero attached hydrogens (tertiary/aromatic N) is 3. The summed E-state index contributed by atoms with van der Waals surface area (Å²) < 4.78 is 47.4. The van der Waals surface area contributed by atoms with E-state index in [0.717, 1.165) is 0 Å². The fourth-order valence-corrected chi connectivity index (χ4v) is 2.65. The molecule has 0 spiro atoms. The van der Waals surface area contributed by atoms with Crippen molar-refractivity contribution in [2.75, 3.05) is 32.8 Å². The van der Waals surface area contributed by atoms with Gasteiger partial charge < -0.3 is 25.0 Å². The van der Waals surface area contributed by atoms with Crippen molar-refractivity contribution in [3.8, 4) is 5.75 Å². The molecule has 1 aliphatic heterocycles. The molecule has 0 radical (unpaired) electrons. The maximum Gasteiger partial charge on any atom is 0.422 e. The second-order valence-electron chi connectivity index (χ2n) is 7.64. The number of carbonyl (C=O) groups excluding carboxylic acids is 1. The number of hydrogen-bond acceptors (Lipinski definition) is 4. The predicted molar refractivity (Wildman–Crippen MR) is 118 cm³/mol. The third kappa shape index (κ3) is 8.84. The lowest BCUT2D eigenvalue weighted by molar-refractivity contribution is -0.153. The largest absolute Gasteiger partial charge is 0.484 e. The van der Waals surface area contributed by atoms with E-state index < -0.39 is 18.4 Å². The summed E-state index contributed by atoms with van der Waals surface area (Å²) in [4.78, 5) is 19.8. The number of alkyl halides is 3. The number of aliphatic imine (C=N–C) groups is 1. The summed E-state index contributed by atoms with van der Waals surface area (Å²) in [5, 5.41) is 0. The van der Waals surface area contributed by atoms with Gasteiger partial charge in [0.05, 0.1) is 6.54 Å². The van der Waals surface area contributed by atoms with Crippen molar-refractivity contribution in [3.05, 3.63) is 29.8 Å². The van der Waals surface area contributed by atoms with Gasteiger partial charge in [0.2, 0.25) is 0 Å². The Kier molecular flexibility index (Phi) is 9.50. The van der Waals surface area contributed by atoms with Crippen LogP contribution in [0.1, 0.15) is 26.3 Å². The predicted octanol–water partition coefficient (Wildman–Crippen LogP) is 3.61. The van der Waals surface area contributed by atoms with E-state index in [1.165, 1.54) is 6.07 Å². The number of nitrogens with two attached hydrogens (primary N) is 1. The van der Waals surface area contributed by atoms with E-state index in [4.69, 9.17) is 15.2 Å². The van der Waals surface area contributed by atoms with Gasteiger partial charge in [0.15, 0.2) is 12.6 Å². The van der Waals surface area contributed by atoms with Crippen LogP contribution in [0.2, 0.25) is 0 Å². The van der Waals surface area contributed by atoms with Crippen LogP contribution in [0, 0.1) is 0 Å². The fourth-order valence-electron chi connectivity index (χ4n) is 2.65. The molecule has 0 aromatic heterocycles. The van der Waals surface area contributed by atoms with Gasteiger partial charge >= 0.3 is 12.3 Å². The van der Waals surface area contributed by atoms with Gasteiger partial charge in [0.1, 0.15) is 11.4 Å². The van der Waals surface area contributed by atoms with Crippen molar-refractivity contribution in [3.63, 3.8) is 0 Å². The minimum atomic E-state index is -4.41. The fraction of sp³-hybridized carbons (Fsp3) is 0.579. The lowest BCUT2D eigenvalue weighted by Crippen LogP contribution is -2.53. The number of para-hydroxylation sites is 1. The first-order chi connectivity index (χ1) is 13.4. The zero-order chi connectivity index (χ0) is 21.7. The molecule has 30 heavy (non-hydrogen) atoms. The third-order valence-electron chi connectivity index (χ3n) is 4.03. The number of ether oxygens (including phenoxy) is 2. The summed E-state index contributed by atoms with van der Waals surface area (Å²) in [6.07, 6.45) is -4.79. The van der Waals surface area contributed by atoms with Gasteiger partial charge in [-0.3, -0.25) is 0 Å². The zero-order valence-electron chi connectivity index (χ0n) is 17.2. The average molecular weight is 544 g/mol. The Balaban J connectivity index is 0.00000450. The third-order valence-corrected chi connectivity index (χ3v) is 4.03. The Bertz CT molecular complexity index is 730. The number of amides is 1. The second-order valence-corrected chi connectivity index (χ2v) is 7.64. The van der Waals surface area contributed by atoms with Crippen molar-refractivity contribution >= 4 is 36.0 Å². The second kappa shape index (κ2) is 10.9. The first-order valence-electron chi connectivity index (χ1n) is 9.25. The van der Waals surface area contributed by atoms with Crippen molar-refractivity contribution in [1.29, 1.82) is 0 Å². The smallest absolute Gasteiger partial charge is 0.422 e. The highest BCUT2D eigenvalue weighted by Gasteiger charge is 2.29. The minimum Gasteiger partial charge on any atom is -0.484 e. The molecule has 0 atom stereocenters. The lowest BCUT2D eigenvalue weighted by Gasteiger charge is -2.36. The topological polar surface area (TPSA) is 80.4 Å². The van der Waals surface area contributed by atoms with Gasteiger partial charge in [-0.05, 0) is 26.8 Å². The molecule has 1 amide bonds. The molecule has 1 heterocycles. The van der Waals surface area contributed by atoms with Gasteiger partial charge in [0.25, 0.3) is 0 Å². The van der Waals surface area contributed by atoms with Crippen molar-refractivity contribution in [1.82, 2.24) is 9.80 Å². The van der Waals surface area contributed by atoms with Crippen LogP contribution in [0.25, 0.3) is 0 Å². The number of piperazine rings is 1. The monoisotopic (exact) mass is 544 g/mol. The SMILES string of the molecule is CC(C)(C)OC(=O)N1CCN(C(N)=NCc2ccccc2OCC(F)(F)F)CC1.I. The van der Waals surface area contributed by atoms with E-state index in [1.54, 1.807) is 23.1 Å². The number of carbonyl (C=O) groups is 1. The Labute approximate surface area is 191 Å². The Morgan fingerprint density at radius 1 is 1.10 bits per heavy atom. The molecule has 170 valence electrons. The highest BCUT2D eigenvalue weighted by molar-refractivity contribution is 14.0. The molecule has 0 unspecified atom stereocenters. The highest BCUT2D eigenvalue weighted by atomic mass is 127. The van der Waals surface area contributed by atoms with E-state index in [-0.39, 0.29) is 48.3 Å². The Morgan fingerprint density at radius 3 is 2.23 bits per heavy atom. The summed E-state index contributed by atoms with van der Waals surface area (Å²) in [5.41, 5.74) is 5.98. The van der Waals surface area contributed by atoms with Gasteiger partial charge in [-0.1, -0.05) is 18.2 Å². The maximum absolute atomic E-state index is 12.4. The number of rotatable bonds is 4. The Morgan fingerprint density at radius 2 is 1.67 bits per heavy atom. The highest BCUT2D eigenvalue weighted by Crippen LogP contribution is 2.23. The molecule has 0 saturated carbocycles. The molecule has 0 bridgehead atoms. The molecular formula is C19H28F3IN4O3. The summed E-state index contributed by atoms with van der Waals surface area (Å²) in [6, 6.07) is 6.40. The zero-order valence-corrected chi connectivity index (χ0v) is 19.6. The van der Waals surface area contributed by atoms with Gasteiger partial charge in [-0.25, -0.2) is 9.79 Å². The molecule has 0 aliphatic carbocycles. The first kappa shape index (κ1) is 26.1. The van der Waals surface area contributed by atoms with Crippen LogP contribution in [0.15, 0.2) is 29.3 Å². The first-order valence-corrected chi connectivity index (χ1v) is 9.25. The molecule has 1 aromatic rings. The van der Waals surface area contributed by atoms with Crippen LogP contribution in [0.3, 0.4) is 0 Å². The minimum absolute atomic E-state index is 0. The van der Waals surface area contributed by atoms with Crippen LogP contribution < -0.4 is 10.5 Å². The number of halogens is 4. The standard InChI is InChI=1S/C19H27F3N4O3.HI/c1-18(2,3)29-17(27)26-10-8-25(9-11-26)16(23)24-12-14-6-4-5-7-15(14)28-13-19(20,21)22;/h4-7H,8-13H2,1-3H3,(H2,23,24);1H. The van der Waals surface area contributed by atoms with E-state index in [9.17, 15) is 18.0 Å². The molecule has 1 saturated heterocycles. The maximum atomic E-state index is 12.4. The molecule has 1 aliphatic rings. The van der Waals surface area contributed by atoms with Crippen LogP contribution in [0.5, 0.6) is 5.75 Å². The molecule has 2 N–H and O–H groups in total. The lowest BCUT2D eigenvalue weighted by atomic mass is 10.2. The quantitative estimate of drug-likeness (QED) is 0.356. The van der Waals surface area contributed by atoms with Gasteiger partial charge in [-0.2, -0.15) is 13.2 Å². The van der Waals surface area contributed by atoms with E-state index >= 15 is 0 Å². The summed E-state index contributed by atoms with van der Waals surface area (Å²) >= 11 is 0. The van der Waals surface area contributed by atoms with E-state index in [1.807, 2.05) is 25.7 Å². The van der Waals surface area contributed by atoms with E-state index in [2.05, 4.69) is 4.99 Å². The van der Waals surface area contributed by atoms with Gasteiger partial charge in [0, 0.05) is 31.7 Å². The molecule has 1 fully saturated rings. The molecule has 1 aromatic carbocycles. The van der Waals surface area contributed by atoms with Crippen molar-refractivity contribution < 1.29 is 27.4 Å². The summed E-state index contributed by atoms with van der Waals surface area (Å²) in [5.74, 6) is 0.385. The normalized spacial score (nSPS) is 15.5. The number of benzene rings is 1. The summed E-state index contributed by atoms with van der Waals surface area (Å²) in [7, 11) is 0. The van der Waals surface area contributed by atoms with Crippen molar-refractivity contribution in [2.45, 2.75) is 39.1 Å². The molecule has 7 nitrogen and oxygen atoms in total. The Hall–Kier alpha value is -1.92. The molecule has 2 rings (SSSR count).